The van der Waals surface area contributed by atoms with E-state index in [1.165, 1.54) is 0 Å². The van der Waals surface area contributed by atoms with Gasteiger partial charge in [-0.1, -0.05) is 31.2 Å². The Morgan fingerprint density at radius 2 is 1.71 bits per heavy atom. The van der Waals surface area contributed by atoms with Crippen LogP contribution in [0.5, 0.6) is 5.75 Å². The van der Waals surface area contributed by atoms with E-state index in [9.17, 15) is 9.59 Å². The molecule has 2 saturated carbocycles. The number of ether oxygens (including phenoxy) is 1. The molecule has 0 spiro atoms. The van der Waals surface area contributed by atoms with Crippen LogP contribution in [0.25, 0.3) is 10.8 Å². The fourth-order valence-electron chi connectivity index (χ4n) is 4.60. The highest BCUT2D eigenvalue weighted by atomic mass is 16.5. The highest BCUT2D eigenvalue weighted by molar-refractivity contribution is 6.09. The van der Waals surface area contributed by atoms with Crippen LogP contribution in [0, 0.1) is 5.41 Å². The van der Waals surface area contributed by atoms with Gasteiger partial charge >= 0.3 is 0 Å². The van der Waals surface area contributed by atoms with Crippen molar-refractivity contribution < 1.29 is 14.3 Å². The van der Waals surface area contributed by atoms with Gasteiger partial charge in [-0.05, 0) is 42.2 Å². The number of benzene rings is 2. The van der Waals surface area contributed by atoms with E-state index in [0.717, 1.165) is 35.8 Å². The maximum atomic E-state index is 13.3. The van der Waals surface area contributed by atoms with Gasteiger partial charge in [0.15, 0.2) is 0 Å². The van der Waals surface area contributed by atoms with Crippen LogP contribution >= 0.6 is 0 Å². The largest absolute Gasteiger partial charge is 0.496 e. The number of nitrogens with zero attached hydrogens (tertiary/aromatic N) is 2. The topological polar surface area (TPSA) is 49.9 Å². The lowest BCUT2D eigenvalue weighted by atomic mass is 10.0. The van der Waals surface area contributed by atoms with E-state index in [0.29, 0.717) is 25.1 Å². The number of amides is 2. The molecule has 1 saturated heterocycles. The molecule has 2 aliphatic carbocycles. The predicted octanol–water partition coefficient (Wildman–Crippen LogP) is 3.46. The molecule has 2 aromatic carbocycles. The maximum absolute atomic E-state index is 13.3. The number of carbonyl (C=O) groups excluding carboxylic acids is 2. The van der Waals surface area contributed by atoms with Crippen molar-refractivity contribution in [2.45, 2.75) is 44.7 Å². The highest BCUT2D eigenvalue weighted by Crippen LogP contribution is 2.49. The minimum absolute atomic E-state index is 0.0626. The fraction of sp³-hybridized carbons (Fsp3) is 0.478. The summed E-state index contributed by atoms with van der Waals surface area (Å²) in [5, 5.41) is 1.87. The Kier molecular flexibility index (Phi) is 3.90. The van der Waals surface area contributed by atoms with Gasteiger partial charge in [0.25, 0.3) is 5.91 Å². The molecule has 0 aromatic heterocycles. The zero-order chi connectivity index (χ0) is 19.5. The second-order valence-corrected chi connectivity index (χ2v) is 8.80. The Hall–Kier alpha value is -2.56. The van der Waals surface area contributed by atoms with Crippen LogP contribution in [-0.2, 0) is 4.79 Å². The van der Waals surface area contributed by atoms with Crippen LogP contribution in [0.4, 0.5) is 0 Å². The molecule has 1 aliphatic heterocycles. The van der Waals surface area contributed by atoms with Crippen molar-refractivity contribution in [1.82, 2.24) is 9.80 Å². The molecule has 0 bridgehead atoms. The zero-order valence-corrected chi connectivity index (χ0v) is 16.5. The number of fused-ring (bicyclic) bond motifs is 2. The summed E-state index contributed by atoms with van der Waals surface area (Å²) >= 11 is 0. The normalized spacial score (nSPS) is 24.6. The van der Waals surface area contributed by atoms with Crippen LogP contribution in [-0.4, -0.2) is 53.9 Å². The average molecular weight is 378 g/mol. The number of hydrogen-bond donors (Lipinski definition) is 0. The molecular weight excluding hydrogens is 352 g/mol. The van der Waals surface area contributed by atoms with Crippen molar-refractivity contribution >= 4 is 22.6 Å². The monoisotopic (exact) mass is 378 g/mol. The predicted molar refractivity (Wildman–Crippen MR) is 107 cm³/mol. The molecule has 2 atom stereocenters. The third-order valence-electron chi connectivity index (χ3n) is 6.70. The summed E-state index contributed by atoms with van der Waals surface area (Å²) in [6.07, 6.45) is 3.89. The summed E-state index contributed by atoms with van der Waals surface area (Å²) in [4.78, 5) is 30.0. The lowest BCUT2D eigenvalue weighted by molar-refractivity contribution is -0.134. The molecular formula is C23H26N2O3. The Morgan fingerprint density at radius 1 is 1.04 bits per heavy atom. The first-order chi connectivity index (χ1) is 13.5. The standard InChI is InChI=1S/C23H26N2O3/c1-23(9-10-23)14-21(26)24-11-12-25(19-13-18(19)24)22(27)17-7-8-20(28-2)16-6-4-3-5-15(16)17/h3-8,18-19H,9-14H2,1-2H3. The number of carbonyl (C=O) groups is 2. The highest BCUT2D eigenvalue weighted by Gasteiger charge is 2.53. The Bertz CT molecular complexity index is 965. The van der Waals surface area contributed by atoms with E-state index < -0.39 is 0 Å². The molecule has 2 unspecified atom stereocenters. The van der Waals surface area contributed by atoms with Crippen molar-refractivity contribution in [1.29, 1.82) is 0 Å². The van der Waals surface area contributed by atoms with Gasteiger partial charge in [-0.2, -0.15) is 0 Å². The minimum Gasteiger partial charge on any atom is -0.496 e. The van der Waals surface area contributed by atoms with Crippen molar-refractivity contribution in [3.63, 3.8) is 0 Å². The van der Waals surface area contributed by atoms with Crippen LogP contribution in [0.3, 0.4) is 0 Å². The SMILES string of the molecule is COc1ccc(C(=O)N2CCN(C(=O)CC3(C)CC3)C3CC32)c2ccccc12. The van der Waals surface area contributed by atoms with Crippen LogP contribution in [0.2, 0.25) is 0 Å². The summed E-state index contributed by atoms with van der Waals surface area (Å²) in [6, 6.07) is 12.0. The fourth-order valence-corrected chi connectivity index (χ4v) is 4.60. The summed E-state index contributed by atoms with van der Waals surface area (Å²) in [5.74, 6) is 1.11. The van der Waals surface area contributed by atoms with Crippen molar-refractivity contribution in [2.24, 2.45) is 5.41 Å². The summed E-state index contributed by atoms with van der Waals surface area (Å²) in [6.45, 7) is 3.46. The third kappa shape index (κ3) is 2.84. The van der Waals surface area contributed by atoms with E-state index in [-0.39, 0.29) is 29.3 Å². The van der Waals surface area contributed by atoms with E-state index in [1.807, 2.05) is 46.2 Å². The van der Waals surface area contributed by atoms with Crippen molar-refractivity contribution in [3.05, 3.63) is 42.0 Å². The second-order valence-electron chi connectivity index (χ2n) is 8.80. The smallest absolute Gasteiger partial charge is 0.254 e. The molecule has 2 aromatic rings. The van der Waals surface area contributed by atoms with E-state index in [2.05, 4.69) is 6.92 Å². The van der Waals surface area contributed by atoms with Gasteiger partial charge in [-0.3, -0.25) is 9.59 Å². The first-order valence-electron chi connectivity index (χ1n) is 10.2. The van der Waals surface area contributed by atoms with Crippen molar-refractivity contribution in [3.8, 4) is 5.75 Å². The molecule has 5 heteroatoms. The number of methoxy groups -OCH3 is 1. The van der Waals surface area contributed by atoms with Gasteiger partial charge < -0.3 is 14.5 Å². The lowest BCUT2D eigenvalue weighted by Crippen LogP contribution is -2.51. The molecule has 1 heterocycles. The zero-order valence-electron chi connectivity index (χ0n) is 16.5. The molecule has 5 nitrogen and oxygen atoms in total. The first kappa shape index (κ1) is 17.5. The van der Waals surface area contributed by atoms with Gasteiger partial charge in [-0.25, -0.2) is 0 Å². The number of rotatable bonds is 4. The van der Waals surface area contributed by atoms with E-state index in [4.69, 9.17) is 4.74 Å². The molecule has 2 amide bonds. The number of hydrogen-bond acceptors (Lipinski definition) is 3. The van der Waals surface area contributed by atoms with Crippen molar-refractivity contribution in [2.75, 3.05) is 20.2 Å². The summed E-state index contributed by atoms with van der Waals surface area (Å²) in [5.41, 5.74) is 0.948. The van der Waals surface area contributed by atoms with Gasteiger partial charge in [0.05, 0.1) is 19.2 Å². The Morgan fingerprint density at radius 3 is 2.43 bits per heavy atom. The van der Waals surface area contributed by atoms with Crippen LogP contribution in [0.15, 0.2) is 36.4 Å². The third-order valence-corrected chi connectivity index (χ3v) is 6.70. The Labute approximate surface area is 165 Å². The molecule has 28 heavy (non-hydrogen) atoms. The first-order valence-corrected chi connectivity index (χ1v) is 10.2. The number of piperazine rings is 1. The molecule has 0 radical (unpaired) electrons. The van der Waals surface area contributed by atoms with Gasteiger partial charge in [0.2, 0.25) is 5.91 Å². The second kappa shape index (κ2) is 6.23. The maximum Gasteiger partial charge on any atom is 0.254 e. The Balaban J connectivity index is 1.36. The molecule has 3 aliphatic rings. The summed E-state index contributed by atoms with van der Waals surface area (Å²) < 4.78 is 5.45. The van der Waals surface area contributed by atoms with Crippen LogP contribution < -0.4 is 4.74 Å². The average Bonchev–Trinajstić information content (AvgIpc) is 3.62. The van der Waals surface area contributed by atoms with Crippen LogP contribution in [0.1, 0.15) is 43.0 Å². The molecule has 0 N–H and O–H groups in total. The van der Waals surface area contributed by atoms with Gasteiger partial charge in [0, 0.05) is 30.5 Å². The van der Waals surface area contributed by atoms with E-state index >= 15 is 0 Å². The van der Waals surface area contributed by atoms with Gasteiger partial charge in [-0.15, -0.1) is 0 Å². The molecule has 146 valence electrons. The summed E-state index contributed by atoms with van der Waals surface area (Å²) in [7, 11) is 1.65. The molecule has 3 fully saturated rings. The lowest BCUT2D eigenvalue weighted by Gasteiger charge is -2.35. The van der Waals surface area contributed by atoms with Gasteiger partial charge in [0.1, 0.15) is 5.75 Å². The molecule has 5 rings (SSSR count). The quantitative estimate of drug-likeness (QED) is 0.819. The van der Waals surface area contributed by atoms with E-state index in [1.54, 1.807) is 7.11 Å². The minimum atomic E-state index is 0.0626.